The van der Waals surface area contributed by atoms with Crippen LogP contribution in [-0.2, 0) is 19.2 Å². The average molecular weight is 511 g/mol. The van der Waals surface area contributed by atoms with Gasteiger partial charge < -0.3 is 36.0 Å². The SMILES string of the molecule is Cc1ccc(C(=O)NCCCNCCCN(C)C)cn1.O=C(O)/C=C/C(=O)O.O=C(O)/C=C/C(=O)O. The van der Waals surface area contributed by atoms with Gasteiger partial charge in [-0.05, 0) is 65.6 Å². The molecule has 0 atom stereocenters. The molecule has 0 aliphatic carbocycles. The van der Waals surface area contributed by atoms with Crippen LogP contribution in [0.5, 0.6) is 0 Å². The molecule has 0 aromatic carbocycles. The van der Waals surface area contributed by atoms with Crippen molar-refractivity contribution in [1.29, 1.82) is 0 Å². The Morgan fingerprint density at radius 1 is 0.806 bits per heavy atom. The third-order valence-corrected chi connectivity index (χ3v) is 3.69. The fourth-order valence-electron chi connectivity index (χ4n) is 2.05. The molecule has 1 heterocycles. The summed E-state index contributed by atoms with van der Waals surface area (Å²) in [5.41, 5.74) is 1.54. The predicted octanol–water partition coefficient (Wildman–Crippen LogP) is 0.475. The second-order valence-corrected chi connectivity index (χ2v) is 7.22. The van der Waals surface area contributed by atoms with Gasteiger partial charge in [-0.25, -0.2) is 19.2 Å². The van der Waals surface area contributed by atoms with Crippen molar-refractivity contribution in [2.24, 2.45) is 0 Å². The van der Waals surface area contributed by atoms with Gasteiger partial charge in [-0.3, -0.25) is 9.78 Å². The Morgan fingerprint density at radius 2 is 1.28 bits per heavy atom. The smallest absolute Gasteiger partial charge is 0.328 e. The first kappa shape index (κ1) is 34.1. The molecule has 1 aromatic rings. The molecule has 1 rings (SSSR count). The second-order valence-electron chi connectivity index (χ2n) is 7.22. The second kappa shape index (κ2) is 21.4. The van der Waals surface area contributed by atoms with Crippen LogP contribution in [0.15, 0.2) is 42.6 Å². The number of nitrogens with zero attached hydrogens (tertiary/aromatic N) is 2. The molecule has 36 heavy (non-hydrogen) atoms. The average Bonchev–Trinajstić information content (AvgIpc) is 2.79. The molecule has 0 saturated heterocycles. The number of aliphatic carboxylic acids is 4. The van der Waals surface area contributed by atoms with Crippen molar-refractivity contribution in [3.63, 3.8) is 0 Å². The number of carboxylic acids is 4. The summed E-state index contributed by atoms with van der Waals surface area (Å²) in [7, 11) is 4.16. The lowest BCUT2D eigenvalue weighted by Gasteiger charge is -2.10. The topological polar surface area (TPSA) is 206 Å². The van der Waals surface area contributed by atoms with Crippen molar-refractivity contribution in [3.05, 3.63) is 53.9 Å². The van der Waals surface area contributed by atoms with Crippen LogP contribution in [0.25, 0.3) is 0 Å². The minimum absolute atomic E-state index is 0.0508. The Balaban J connectivity index is 0. The van der Waals surface area contributed by atoms with E-state index in [4.69, 9.17) is 20.4 Å². The van der Waals surface area contributed by atoms with Crippen LogP contribution < -0.4 is 10.6 Å². The number of carbonyl (C=O) groups excluding carboxylic acids is 1. The quantitative estimate of drug-likeness (QED) is 0.158. The zero-order chi connectivity index (χ0) is 27.9. The van der Waals surface area contributed by atoms with E-state index in [1.807, 2.05) is 13.0 Å². The number of rotatable bonds is 13. The number of pyridine rings is 1. The summed E-state index contributed by atoms with van der Waals surface area (Å²) in [6, 6.07) is 3.65. The molecule has 0 saturated carbocycles. The number of hydrogen-bond acceptors (Lipinski definition) is 8. The maximum atomic E-state index is 11.8. The van der Waals surface area contributed by atoms with Crippen molar-refractivity contribution in [2.45, 2.75) is 19.8 Å². The van der Waals surface area contributed by atoms with E-state index in [-0.39, 0.29) is 5.91 Å². The van der Waals surface area contributed by atoms with Gasteiger partial charge in [0.05, 0.1) is 5.56 Å². The minimum atomic E-state index is -1.26. The highest BCUT2D eigenvalue weighted by Gasteiger charge is 2.04. The van der Waals surface area contributed by atoms with E-state index in [0.717, 1.165) is 38.2 Å². The number of carboxylic acid groups (broad SMARTS) is 4. The van der Waals surface area contributed by atoms with Crippen molar-refractivity contribution in [1.82, 2.24) is 20.5 Å². The Morgan fingerprint density at radius 3 is 1.67 bits per heavy atom. The van der Waals surface area contributed by atoms with E-state index >= 15 is 0 Å². The molecule has 1 aromatic heterocycles. The Bertz CT molecular complexity index is 816. The predicted molar refractivity (Wildman–Crippen MR) is 131 cm³/mol. The maximum Gasteiger partial charge on any atom is 0.328 e. The fraction of sp³-hybridized carbons (Fsp3) is 0.391. The van der Waals surface area contributed by atoms with Crippen molar-refractivity contribution < 1.29 is 44.4 Å². The summed E-state index contributed by atoms with van der Waals surface area (Å²) in [5.74, 6) is -5.08. The van der Waals surface area contributed by atoms with Crippen LogP contribution in [0.4, 0.5) is 0 Å². The number of amides is 1. The zero-order valence-electron chi connectivity index (χ0n) is 20.5. The lowest BCUT2D eigenvalue weighted by Crippen LogP contribution is -2.28. The number of hydrogen-bond donors (Lipinski definition) is 6. The lowest BCUT2D eigenvalue weighted by molar-refractivity contribution is -0.134. The molecule has 6 N–H and O–H groups in total. The minimum Gasteiger partial charge on any atom is -0.478 e. The number of carbonyl (C=O) groups is 5. The monoisotopic (exact) mass is 510 g/mol. The number of aromatic nitrogens is 1. The number of nitrogens with one attached hydrogen (secondary N) is 2. The first-order chi connectivity index (χ1) is 16.8. The molecule has 1 amide bonds. The Kier molecular flexibility index (Phi) is 20.3. The maximum absolute atomic E-state index is 11.8. The van der Waals surface area contributed by atoms with E-state index in [1.54, 1.807) is 12.3 Å². The number of aryl methyl sites for hydroxylation is 1. The molecule has 0 spiro atoms. The first-order valence-electron chi connectivity index (χ1n) is 10.7. The van der Waals surface area contributed by atoms with Crippen LogP contribution in [0.3, 0.4) is 0 Å². The lowest BCUT2D eigenvalue weighted by atomic mass is 10.2. The van der Waals surface area contributed by atoms with Crippen molar-refractivity contribution in [3.8, 4) is 0 Å². The van der Waals surface area contributed by atoms with Gasteiger partial charge in [-0.2, -0.15) is 0 Å². The van der Waals surface area contributed by atoms with E-state index in [9.17, 15) is 24.0 Å². The molecule has 0 unspecified atom stereocenters. The summed E-state index contributed by atoms with van der Waals surface area (Å²) in [6.07, 6.45) is 5.93. The van der Waals surface area contributed by atoms with Gasteiger partial charge in [0.1, 0.15) is 0 Å². The summed E-state index contributed by atoms with van der Waals surface area (Å²) >= 11 is 0. The van der Waals surface area contributed by atoms with Crippen LogP contribution in [-0.4, -0.2) is 100 Å². The van der Waals surface area contributed by atoms with Gasteiger partial charge in [0.25, 0.3) is 5.91 Å². The standard InChI is InChI=1S/C15H26N4O.2C4H4O4/c1-13-6-7-14(12-18-13)15(20)17-10-4-8-16-9-5-11-19(2)3;2*5-3(6)1-2-4(7)8/h6-7,12,16H,4-5,8-11H2,1-3H3,(H,17,20);2*1-2H,(H,5,6)(H,7,8)/b;2*2-1+. The highest BCUT2D eigenvalue weighted by molar-refractivity contribution is 5.93. The molecule has 0 radical (unpaired) electrons. The van der Waals surface area contributed by atoms with Gasteiger partial charge in [0.2, 0.25) is 0 Å². The van der Waals surface area contributed by atoms with E-state index in [0.29, 0.717) is 36.4 Å². The van der Waals surface area contributed by atoms with Crippen LogP contribution in [0, 0.1) is 6.92 Å². The molecule has 0 aliphatic rings. The summed E-state index contributed by atoms with van der Waals surface area (Å²) in [4.78, 5) is 56.3. The summed E-state index contributed by atoms with van der Waals surface area (Å²) < 4.78 is 0. The molecule has 13 nitrogen and oxygen atoms in total. The van der Waals surface area contributed by atoms with E-state index in [2.05, 4.69) is 34.6 Å². The molecular weight excluding hydrogens is 476 g/mol. The van der Waals surface area contributed by atoms with Gasteiger partial charge in [-0.1, -0.05) is 0 Å². The summed E-state index contributed by atoms with van der Waals surface area (Å²) in [5, 5.41) is 37.5. The molecule has 0 fully saturated rings. The highest BCUT2D eigenvalue weighted by Crippen LogP contribution is 1.98. The van der Waals surface area contributed by atoms with Gasteiger partial charge in [-0.15, -0.1) is 0 Å². The van der Waals surface area contributed by atoms with Crippen LogP contribution in [0.1, 0.15) is 28.9 Å². The molecule has 200 valence electrons. The van der Waals surface area contributed by atoms with Crippen molar-refractivity contribution >= 4 is 29.8 Å². The Labute approximate surface area is 209 Å². The van der Waals surface area contributed by atoms with Gasteiger partial charge in [0.15, 0.2) is 0 Å². The third kappa shape index (κ3) is 26.2. The van der Waals surface area contributed by atoms with Gasteiger partial charge in [0, 0.05) is 42.7 Å². The molecular formula is C23H34N4O9. The van der Waals surface area contributed by atoms with Crippen LogP contribution >= 0.6 is 0 Å². The molecule has 13 heteroatoms. The first-order valence-corrected chi connectivity index (χ1v) is 10.7. The Hall–Kier alpha value is -4.10. The van der Waals surface area contributed by atoms with E-state index < -0.39 is 23.9 Å². The summed E-state index contributed by atoms with van der Waals surface area (Å²) in [6.45, 7) is 5.65. The molecule has 0 bridgehead atoms. The zero-order valence-corrected chi connectivity index (χ0v) is 20.5. The normalized spacial score (nSPS) is 10.2. The van der Waals surface area contributed by atoms with Gasteiger partial charge >= 0.3 is 23.9 Å². The molecule has 0 aliphatic heterocycles. The highest BCUT2D eigenvalue weighted by atomic mass is 16.4. The largest absolute Gasteiger partial charge is 0.478 e. The van der Waals surface area contributed by atoms with Crippen molar-refractivity contribution in [2.75, 3.05) is 40.3 Å². The van der Waals surface area contributed by atoms with E-state index in [1.165, 1.54) is 0 Å². The third-order valence-electron chi connectivity index (χ3n) is 3.69. The fourth-order valence-corrected chi connectivity index (χ4v) is 2.05. The van der Waals surface area contributed by atoms with Crippen LogP contribution in [0.2, 0.25) is 0 Å².